The average Bonchev–Trinajstić information content (AvgIpc) is 2.81. The van der Waals surface area contributed by atoms with Gasteiger partial charge in [0.05, 0.1) is 26.2 Å². The molecule has 0 aliphatic carbocycles. The van der Waals surface area contributed by atoms with Crippen molar-refractivity contribution >= 4 is 21.6 Å². The van der Waals surface area contributed by atoms with Crippen molar-refractivity contribution < 1.29 is 27.4 Å². The van der Waals surface area contributed by atoms with Gasteiger partial charge in [-0.15, -0.1) is 0 Å². The lowest BCUT2D eigenvalue weighted by molar-refractivity contribution is -0.120. The molecule has 3 rings (SSSR count). The van der Waals surface area contributed by atoms with E-state index in [2.05, 4.69) is 17.4 Å². The van der Waals surface area contributed by atoms with Crippen LogP contribution in [0.2, 0.25) is 0 Å². The molecule has 0 aromatic heterocycles. The Labute approximate surface area is 189 Å². The Morgan fingerprint density at radius 3 is 2.31 bits per heavy atom. The summed E-state index contributed by atoms with van der Waals surface area (Å²) < 4.78 is 42.0. The summed E-state index contributed by atoms with van der Waals surface area (Å²) in [5.74, 6) is 0.467. The number of nitrogens with zero attached hydrogens (tertiary/aromatic N) is 1. The van der Waals surface area contributed by atoms with E-state index in [1.807, 2.05) is 18.2 Å². The SMILES string of the molecule is COc1ccc(N(CC(=O)NCC2(c3ccccc3)CCOCC2)S(C)(=O)=O)cc1OC. The lowest BCUT2D eigenvalue weighted by Gasteiger charge is -2.38. The summed E-state index contributed by atoms with van der Waals surface area (Å²) in [7, 11) is -0.746. The van der Waals surface area contributed by atoms with E-state index < -0.39 is 10.0 Å². The van der Waals surface area contributed by atoms with Crippen LogP contribution in [-0.4, -0.2) is 61.1 Å². The standard InChI is InChI=1S/C23H30N2O6S/c1-29-20-10-9-19(15-21(20)30-2)25(32(3,27)28)16-22(26)24-17-23(11-13-31-14-12-23)18-7-5-4-6-8-18/h4-10,15H,11-14,16-17H2,1-3H3,(H,24,26). The van der Waals surface area contributed by atoms with Crippen LogP contribution in [0, 0.1) is 0 Å². The smallest absolute Gasteiger partial charge is 0.240 e. The zero-order valence-corrected chi connectivity index (χ0v) is 19.5. The number of carbonyl (C=O) groups excluding carboxylic acids is 1. The Kier molecular flexibility index (Phi) is 7.63. The van der Waals surface area contributed by atoms with Gasteiger partial charge in [0.25, 0.3) is 0 Å². The molecule has 1 heterocycles. The largest absolute Gasteiger partial charge is 0.493 e. The summed E-state index contributed by atoms with van der Waals surface area (Å²) >= 11 is 0. The van der Waals surface area contributed by atoms with Crippen LogP contribution < -0.4 is 19.1 Å². The van der Waals surface area contributed by atoms with E-state index in [9.17, 15) is 13.2 Å². The van der Waals surface area contributed by atoms with Crippen LogP contribution >= 0.6 is 0 Å². The predicted molar refractivity (Wildman–Crippen MR) is 123 cm³/mol. The topological polar surface area (TPSA) is 94.2 Å². The second-order valence-electron chi connectivity index (χ2n) is 7.84. The molecule has 1 aliphatic heterocycles. The molecule has 9 heteroatoms. The van der Waals surface area contributed by atoms with Crippen LogP contribution in [-0.2, 0) is 25.0 Å². The highest BCUT2D eigenvalue weighted by Crippen LogP contribution is 2.35. The number of ether oxygens (including phenoxy) is 3. The zero-order valence-electron chi connectivity index (χ0n) is 18.7. The van der Waals surface area contributed by atoms with Crippen LogP contribution in [0.25, 0.3) is 0 Å². The lowest BCUT2D eigenvalue weighted by Crippen LogP contribution is -2.47. The first kappa shape index (κ1) is 23.9. The van der Waals surface area contributed by atoms with Crippen LogP contribution in [0.15, 0.2) is 48.5 Å². The van der Waals surface area contributed by atoms with Gasteiger partial charge in [-0.1, -0.05) is 30.3 Å². The average molecular weight is 463 g/mol. The van der Waals surface area contributed by atoms with Crippen molar-refractivity contribution in [1.82, 2.24) is 5.32 Å². The van der Waals surface area contributed by atoms with Gasteiger partial charge in [-0.05, 0) is 30.5 Å². The van der Waals surface area contributed by atoms with E-state index >= 15 is 0 Å². The van der Waals surface area contributed by atoms with Gasteiger partial charge in [0.2, 0.25) is 15.9 Å². The number of hydrogen-bond donors (Lipinski definition) is 1. The van der Waals surface area contributed by atoms with E-state index in [0.717, 1.165) is 29.0 Å². The normalized spacial score (nSPS) is 15.6. The van der Waals surface area contributed by atoms with Crippen molar-refractivity contribution in [3.05, 3.63) is 54.1 Å². The molecule has 174 valence electrons. The Hall–Kier alpha value is -2.78. The molecule has 1 fully saturated rings. The quantitative estimate of drug-likeness (QED) is 0.615. The molecule has 0 atom stereocenters. The number of methoxy groups -OCH3 is 2. The highest BCUT2D eigenvalue weighted by atomic mass is 32.2. The molecular formula is C23H30N2O6S. The van der Waals surface area contributed by atoms with Crippen molar-refractivity contribution in [2.45, 2.75) is 18.3 Å². The predicted octanol–water partition coefficient (Wildman–Crippen LogP) is 2.33. The molecule has 8 nitrogen and oxygen atoms in total. The third-order valence-corrected chi connectivity index (χ3v) is 6.94. The Morgan fingerprint density at radius 1 is 1.06 bits per heavy atom. The first-order valence-corrected chi connectivity index (χ1v) is 12.2. The molecule has 0 radical (unpaired) electrons. The van der Waals surface area contributed by atoms with Gasteiger partial charge >= 0.3 is 0 Å². The van der Waals surface area contributed by atoms with Gasteiger partial charge in [-0.3, -0.25) is 9.10 Å². The second kappa shape index (κ2) is 10.2. The number of anilines is 1. The van der Waals surface area contributed by atoms with Gasteiger partial charge < -0.3 is 19.5 Å². The second-order valence-corrected chi connectivity index (χ2v) is 9.75. The molecule has 0 unspecified atom stereocenters. The minimum atomic E-state index is -3.71. The maximum atomic E-state index is 12.9. The molecule has 1 saturated heterocycles. The van der Waals surface area contributed by atoms with Crippen LogP contribution in [0.1, 0.15) is 18.4 Å². The highest BCUT2D eigenvalue weighted by Gasteiger charge is 2.35. The summed E-state index contributed by atoms with van der Waals surface area (Å²) in [5, 5.41) is 2.96. The first-order valence-electron chi connectivity index (χ1n) is 10.4. The van der Waals surface area contributed by atoms with Crippen molar-refractivity contribution in [1.29, 1.82) is 0 Å². The molecule has 0 spiro atoms. The van der Waals surface area contributed by atoms with E-state index in [4.69, 9.17) is 14.2 Å². The molecule has 0 bridgehead atoms. The minimum Gasteiger partial charge on any atom is -0.493 e. The van der Waals surface area contributed by atoms with Crippen molar-refractivity contribution in [3.8, 4) is 11.5 Å². The number of hydrogen-bond acceptors (Lipinski definition) is 6. The fourth-order valence-electron chi connectivity index (χ4n) is 3.96. The van der Waals surface area contributed by atoms with E-state index in [1.165, 1.54) is 20.3 Å². The number of nitrogens with one attached hydrogen (secondary N) is 1. The number of rotatable bonds is 9. The van der Waals surface area contributed by atoms with Gasteiger partial charge in [0.15, 0.2) is 11.5 Å². The molecule has 2 aromatic carbocycles. The molecule has 2 aromatic rings. The molecule has 1 amide bonds. The van der Waals surface area contributed by atoms with Gasteiger partial charge in [0.1, 0.15) is 6.54 Å². The third-order valence-electron chi connectivity index (χ3n) is 5.80. The van der Waals surface area contributed by atoms with Crippen molar-refractivity contribution in [3.63, 3.8) is 0 Å². The lowest BCUT2D eigenvalue weighted by atomic mass is 9.74. The van der Waals surface area contributed by atoms with Crippen LogP contribution in [0.3, 0.4) is 0 Å². The summed E-state index contributed by atoms with van der Waals surface area (Å²) in [4.78, 5) is 12.9. The van der Waals surface area contributed by atoms with E-state index in [0.29, 0.717) is 36.9 Å². The molecule has 1 aliphatic rings. The van der Waals surface area contributed by atoms with Gasteiger partial charge in [-0.2, -0.15) is 0 Å². The summed E-state index contributed by atoms with van der Waals surface area (Å²) in [6.45, 7) is 1.30. The molecule has 32 heavy (non-hydrogen) atoms. The molecule has 1 N–H and O–H groups in total. The number of benzene rings is 2. The van der Waals surface area contributed by atoms with Gasteiger partial charge in [0, 0.05) is 31.2 Å². The van der Waals surface area contributed by atoms with E-state index in [1.54, 1.807) is 12.1 Å². The molecular weight excluding hydrogens is 432 g/mol. The van der Waals surface area contributed by atoms with Crippen molar-refractivity contribution in [2.75, 3.05) is 51.1 Å². The number of carbonyl (C=O) groups is 1. The first-order chi connectivity index (χ1) is 15.3. The fraction of sp³-hybridized carbons (Fsp3) is 0.435. The fourth-order valence-corrected chi connectivity index (χ4v) is 4.80. The Bertz CT molecular complexity index is 1020. The third kappa shape index (κ3) is 5.52. The Balaban J connectivity index is 1.77. The number of sulfonamides is 1. The van der Waals surface area contributed by atoms with Crippen molar-refractivity contribution in [2.24, 2.45) is 0 Å². The number of amides is 1. The highest BCUT2D eigenvalue weighted by molar-refractivity contribution is 7.92. The van der Waals surface area contributed by atoms with E-state index in [-0.39, 0.29) is 17.9 Å². The summed E-state index contributed by atoms with van der Waals surface area (Å²) in [5.41, 5.74) is 1.22. The maximum Gasteiger partial charge on any atom is 0.240 e. The molecule has 0 saturated carbocycles. The minimum absolute atomic E-state index is 0.242. The summed E-state index contributed by atoms with van der Waals surface area (Å²) in [6, 6.07) is 14.8. The zero-order chi connectivity index (χ0) is 23.2. The summed E-state index contributed by atoms with van der Waals surface area (Å²) in [6.07, 6.45) is 2.63. The monoisotopic (exact) mass is 462 g/mol. The van der Waals surface area contributed by atoms with Crippen LogP contribution in [0.5, 0.6) is 11.5 Å². The Morgan fingerprint density at radius 2 is 1.72 bits per heavy atom. The van der Waals surface area contributed by atoms with Gasteiger partial charge in [-0.25, -0.2) is 8.42 Å². The van der Waals surface area contributed by atoms with Crippen LogP contribution in [0.4, 0.5) is 5.69 Å². The maximum absolute atomic E-state index is 12.9.